The molecule has 0 N–H and O–H groups in total. The Morgan fingerprint density at radius 2 is 0.729 bits per heavy atom. The van der Waals surface area contributed by atoms with Crippen LogP contribution in [0.25, 0.3) is 112 Å². The molecule has 0 radical (unpaired) electrons. The lowest BCUT2D eigenvalue weighted by Crippen LogP contribution is -2.00. The van der Waals surface area contributed by atoms with Gasteiger partial charge in [-0.1, -0.05) is 170 Å². The van der Waals surface area contributed by atoms with Gasteiger partial charge in [0.05, 0.1) is 11.4 Å². The number of benzene rings is 8. The summed E-state index contributed by atoms with van der Waals surface area (Å²) in [6.07, 6.45) is 0. The molecular weight excluding hydrogens is 723 g/mol. The molecule has 0 aliphatic carbocycles. The molecule has 0 aliphatic rings. The zero-order valence-corrected chi connectivity index (χ0v) is 31.7. The molecule has 0 saturated carbocycles. The van der Waals surface area contributed by atoms with E-state index in [-0.39, 0.29) is 0 Å². The van der Waals surface area contributed by atoms with Crippen molar-refractivity contribution in [2.24, 2.45) is 0 Å². The highest BCUT2D eigenvalue weighted by atomic mass is 16.3. The second kappa shape index (κ2) is 14.4. The minimum Gasteiger partial charge on any atom is -0.455 e. The van der Waals surface area contributed by atoms with Crippen molar-refractivity contribution >= 4 is 32.7 Å². The molecule has 0 unspecified atom stereocenters. The first kappa shape index (κ1) is 34.2. The van der Waals surface area contributed by atoms with E-state index in [9.17, 15) is 0 Å². The molecule has 8 aromatic carbocycles. The quantitative estimate of drug-likeness (QED) is 0.161. The van der Waals surface area contributed by atoms with E-state index in [1.807, 2.05) is 109 Å². The van der Waals surface area contributed by atoms with Gasteiger partial charge in [0.25, 0.3) is 0 Å². The Balaban J connectivity index is 1.04. The van der Waals surface area contributed by atoms with Gasteiger partial charge < -0.3 is 4.42 Å². The second-order valence-electron chi connectivity index (χ2n) is 14.5. The molecule has 6 heteroatoms. The van der Waals surface area contributed by atoms with Crippen molar-refractivity contribution in [1.29, 1.82) is 0 Å². The van der Waals surface area contributed by atoms with Crippen LogP contribution >= 0.6 is 0 Å². The lowest BCUT2D eigenvalue weighted by atomic mass is 9.98. The van der Waals surface area contributed by atoms with Crippen LogP contribution in [0.5, 0.6) is 0 Å². The first-order valence-corrected chi connectivity index (χ1v) is 19.6. The van der Waals surface area contributed by atoms with Gasteiger partial charge in [-0.3, -0.25) is 0 Å². The van der Waals surface area contributed by atoms with Crippen LogP contribution in [0, 0.1) is 0 Å². The Labute approximate surface area is 340 Å². The van der Waals surface area contributed by atoms with Crippen LogP contribution in [0.1, 0.15) is 0 Å². The molecule has 59 heavy (non-hydrogen) atoms. The van der Waals surface area contributed by atoms with Gasteiger partial charge >= 0.3 is 0 Å². The molecule has 6 nitrogen and oxygen atoms in total. The molecule has 0 fully saturated rings. The highest BCUT2D eigenvalue weighted by Crippen LogP contribution is 2.40. The Hall–Kier alpha value is -8.09. The van der Waals surface area contributed by atoms with Crippen LogP contribution in [0.15, 0.2) is 205 Å². The van der Waals surface area contributed by atoms with Gasteiger partial charge in [-0.25, -0.2) is 24.9 Å². The molecule has 11 aromatic rings. The molecule has 0 aliphatic heterocycles. The number of hydrogen-bond acceptors (Lipinski definition) is 6. The standard InChI is InChI=1S/C53H33N5O/c1-4-16-34(17-5-1)46-33-47(55-50(54-46)35-18-6-2-7-19-35)39-24-14-22-37(30-39)38-23-15-25-40(31-38)52-56-51(36-20-8-3-9-21-36)57-53(58-52)45-32-44-42-27-12-13-29-48(42)59-49(44)43-28-11-10-26-41(43)45/h1-33H. The molecule has 0 atom stereocenters. The number of furan rings is 1. The summed E-state index contributed by atoms with van der Waals surface area (Å²) in [6.45, 7) is 0. The summed E-state index contributed by atoms with van der Waals surface area (Å²) < 4.78 is 6.43. The topological polar surface area (TPSA) is 77.6 Å². The maximum absolute atomic E-state index is 6.43. The van der Waals surface area contributed by atoms with Gasteiger partial charge in [0.15, 0.2) is 23.3 Å². The van der Waals surface area contributed by atoms with Crippen molar-refractivity contribution < 1.29 is 4.42 Å². The third kappa shape index (κ3) is 6.39. The van der Waals surface area contributed by atoms with Crippen molar-refractivity contribution in [2.45, 2.75) is 0 Å². The Bertz CT molecular complexity index is 3270. The predicted molar refractivity (Wildman–Crippen MR) is 238 cm³/mol. The van der Waals surface area contributed by atoms with Crippen molar-refractivity contribution in [3.8, 4) is 79.2 Å². The zero-order chi connectivity index (χ0) is 39.1. The summed E-state index contributed by atoms with van der Waals surface area (Å²) in [5.74, 6) is 2.47. The largest absolute Gasteiger partial charge is 0.455 e. The number of para-hydroxylation sites is 1. The van der Waals surface area contributed by atoms with E-state index >= 15 is 0 Å². The Morgan fingerprint density at radius 3 is 1.41 bits per heavy atom. The van der Waals surface area contributed by atoms with Crippen molar-refractivity contribution in [2.75, 3.05) is 0 Å². The molecule has 0 bridgehead atoms. The third-order valence-corrected chi connectivity index (χ3v) is 10.7. The smallest absolute Gasteiger partial charge is 0.164 e. The second-order valence-corrected chi connectivity index (χ2v) is 14.5. The molecule has 0 spiro atoms. The first-order chi connectivity index (χ1) is 29.2. The average molecular weight is 756 g/mol. The first-order valence-electron chi connectivity index (χ1n) is 19.6. The fourth-order valence-electron chi connectivity index (χ4n) is 7.84. The minimum atomic E-state index is 0.587. The molecule has 11 rings (SSSR count). The van der Waals surface area contributed by atoms with Gasteiger partial charge in [0.1, 0.15) is 11.2 Å². The number of aromatic nitrogens is 5. The fraction of sp³-hybridized carbons (Fsp3) is 0. The minimum absolute atomic E-state index is 0.587. The lowest BCUT2D eigenvalue weighted by molar-refractivity contribution is 0.672. The summed E-state index contributed by atoms with van der Waals surface area (Å²) in [5.41, 5.74) is 11.2. The van der Waals surface area contributed by atoms with Crippen molar-refractivity contribution in [3.05, 3.63) is 200 Å². The summed E-state index contributed by atoms with van der Waals surface area (Å²) in [4.78, 5) is 25.5. The van der Waals surface area contributed by atoms with E-state index < -0.39 is 0 Å². The highest BCUT2D eigenvalue weighted by molar-refractivity contribution is 6.18. The molecule has 3 heterocycles. The zero-order valence-electron chi connectivity index (χ0n) is 31.7. The molecule has 0 amide bonds. The number of fused-ring (bicyclic) bond motifs is 5. The summed E-state index contributed by atoms with van der Waals surface area (Å²) >= 11 is 0. The number of nitrogens with zero attached hydrogens (tertiary/aromatic N) is 5. The van der Waals surface area contributed by atoms with Crippen LogP contribution in [0.3, 0.4) is 0 Å². The average Bonchev–Trinajstić information content (AvgIpc) is 3.71. The van der Waals surface area contributed by atoms with Crippen LogP contribution in [0.4, 0.5) is 0 Å². The SMILES string of the molecule is c1ccc(-c2cc(-c3cccc(-c4cccc(-c5nc(-c6ccccc6)nc(-c6cc7c8ccccc8oc7c7ccccc67)n5)c4)c3)nc(-c3ccccc3)n2)cc1. The summed E-state index contributed by atoms with van der Waals surface area (Å²) in [6, 6.07) is 68.1. The van der Waals surface area contributed by atoms with E-state index in [0.29, 0.717) is 23.3 Å². The fourth-order valence-corrected chi connectivity index (χ4v) is 7.84. The highest BCUT2D eigenvalue weighted by Gasteiger charge is 2.19. The summed E-state index contributed by atoms with van der Waals surface area (Å²) in [7, 11) is 0. The maximum atomic E-state index is 6.43. The molecular formula is C53H33N5O. The van der Waals surface area contributed by atoms with Gasteiger partial charge in [-0.05, 0) is 46.8 Å². The van der Waals surface area contributed by atoms with E-state index in [1.54, 1.807) is 0 Å². The Kier molecular flexibility index (Phi) is 8.37. The van der Waals surface area contributed by atoms with Crippen LogP contribution in [-0.2, 0) is 0 Å². The van der Waals surface area contributed by atoms with Gasteiger partial charge in [0, 0.05) is 49.5 Å². The van der Waals surface area contributed by atoms with E-state index in [4.69, 9.17) is 29.3 Å². The summed E-state index contributed by atoms with van der Waals surface area (Å²) in [5, 5.41) is 4.10. The van der Waals surface area contributed by atoms with E-state index in [2.05, 4.69) is 91.0 Å². The van der Waals surface area contributed by atoms with Gasteiger partial charge in [0.2, 0.25) is 0 Å². The van der Waals surface area contributed by atoms with Gasteiger partial charge in [-0.2, -0.15) is 0 Å². The van der Waals surface area contributed by atoms with E-state index in [0.717, 1.165) is 88.6 Å². The Morgan fingerprint density at radius 1 is 0.271 bits per heavy atom. The monoisotopic (exact) mass is 755 g/mol. The normalized spacial score (nSPS) is 11.4. The maximum Gasteiger partial charge on any atom is 0.164 e. The third-order valence-electron chi connectivity index (χ3n) is 10.7. The van der Waals surface area contributed by atoms with Crippen LogP contribution < -0.4 is 0 Å². The van der Waals surface area contributed by atoms with E-state index in [1.165, 1.54) is 0 Å². The van der Waals surface area contributed by atoms with Crippen molar-refractivity contribution in [1.82, 2.24) is 24.9 Å². The molecule has 276 valence electrons. The molecule has 0 saturated heterocycles. The molecule has 3 aromatic heterocycles. The van der Waals surface area contributed by atoms with Crippen molar-refractivity contribution in [3.63, 3.8) is 0 Å². The lowest BCUT2D eigenvalue weighted by Gasteiger charge is -2.12. The van der Waals surface area contributed by atoms with Gasteiger partial charge in [-0.15, -0.1) is 0 Å². The number of hydrogen-bond donors (Lipinski definition) is 0. The predicted octanol–water partition coefficient (Wildman–Crippen LogP) is 13.4. The van der Waals surface area contributed by atoms with Crippen LogP contribution in [-0.4, -0.2) is 24.9 Å². The van der Waals surface area contributed by atoms with Crippen LogP contribution in [0.2, 0.25) is 0 Å². The number of rotatable bonds is 7.